The van der Waals surface area contributed by atoms with Gasteiger partial charge >= 0.3 is 0 Å². The number of amides is 1. The maximum absolute atomic E-state index is 12.2. The second-order valence-electron chi connectivity index (χ2n) is 7.91. The van der Waals surface area contributed by atoms with Gasteiger partial charge < -0.3 is 14.6 Å². The highest BCUT2D eigenvalue weighted by molar-refractivity contribution is 6.30. The smallest absolute Gasteiger partial charge is 0.220 e. The highest BCUT2D eigenvalue weighted by Crippen LogP contribution is 2.19. The van der Waals surface area contributed by atoms with Gasteiger partial charge in [0.25, 0.3) is 0 Å². The third-order valence-electron chi connectivity index (χ3n) is 5.51. The van der Waals surface area contributed by atoms with Crippen LogP contribution in [0.15, 0.2) is 78.9 Å². The predicted molar refractivity (Wildman–Crippen MR) is 133 cm³/mol. The number of ether oxygens (including phenoxy) is 1. The summed E-state index contributed by atoms with van der Waals surface area (Å²) >= 11 is 5.94. The maximum Gasteiger partial charge on any atom is 0.220 e. The lowest BCUT2D eigenvalue weighted by molar-refractivity contribution is -0.121. The molecule has 33 heavy (non-hydrogen) atoms. The third-order valence-corrected chi connectivity index (χ3v) is 5.77. The number of hydrogen-bond donors (Lipinski definition) is 1. The molecule has 0 aliphatic carbocycles. The zero-order valence-corrected chi connectivity index (χ0v) is 19.3. The highest BCUT2D eigenvalue weighted by Gasteiger charge is 2.11. The summed E-state index contributed by atoms with van der Waals surface area (Å²) in [5.41, 5.74) is 3.26. The van der Waals surface area contributed by atoms with Gasteiger partial charge in [0, 0.05) is 24.4 Å². The third kappa shape index (κ3) is 6.59. The van der Waals surface area contributed by atoms with Crippen molar-refractivity contribution < 1.29 is 9.53 Å². The van der Waals surface area contributed by atoms with Crippen LogP contribution in [-0.4, -0.2) is 28.6 Å². The van der Waals surface area contributed by atoms with Crippen LogP contribution in [0.25, 0.3) is 11.0 Å². The summed E-state index contributed by atoms with van der Waals surface area (Å²) in [6.07, 6.45) is 2.88. The average Bonchev–Trinajstić information content (AvgIpc) is 3.20. The summed E-state index contributed by atoms with van der Waals surface area (Å²) in [6, 6.07) is 25.6. The van der Waals surface area contributed by atoms with Crippen LogP contribution in [0.5, 0.6) is 5.75 Å². The van der Waals surface area contributed by atoms with Gasteiger partial charge in [-0.1, -0.05) is 54.1 Å². The second kappa shape index (κ2) is 11.5. The molecule has 0 unspecified atom stereocenters. The number of nitrogens with one attached hydrogen (secondary N) is 1. The van der Waals surface area contributed by atoms with Gasteiger partial charge in [0.05, 0.1) is 17.6 Å². The number of hydrogen-bond acceptors (Lipinski definition) is 3. The number of para-hydroxylation sites is 2. The lowest BCUT2D eigenvalue weighted by atomic mass is 10.1. The first-order valence-corrected chi connectivity index (χ1v) is 11.7. The van der Waals surface area contributed by atoms with Crippen LogP contribution in [0, 0.1) is 0 Å². The van der Waals surface area contributed by atoms with E-state index in [1.165, 1.54) is 5.56 Å². The number of fused-ring (bicyclic) bond motifs is 1. The van der Waals surface area contributed by atoms with Crippen molar-refractivity contribution in [2.24, 2.45) is 0 Å². The first-order valence-electron chi connectivity index (χ1n) is 11.3. The zero-order chi connectivity index (χ0) is 22.9. The molecule has 0 spiro atoms. The standard InChI is InChI=1S/C27H28ClN3O2/c28-22-13-15-23(16-14-22)33-20-19-31-25-10-5-4-9-24(25)30-26(31)11-6-18-29-27(32)17-12-21-7-2-1-3-8-21/h1-5,7-10,13-16H,6,11-12,17-20H2,(H,29,32). The number of aryl methyl sites for hydroxylation is 2. The van der Waals surface area contributed by atoms with E-state index in [1.807, 2.05) is 60.7 Å². The molecule has 0 atom stereocenters. The van der Waals surface area contributed by atoms with Crippen molar-refractivity contribution in [1.82, 2.24) is 14.9 Å². The van der Waals surface area contributed by atoms with E-state index in [0.717, 1.165) is 41.9 Å². The minimum atomic E-state index is 0.0868. The summed E-state index contributed by atoms with van der Waals surface area (Å²) in [7, 11) is 0. The molecule has 4 rings (SSSR count). The molecule has 3 aromatic carbocycles. The van der Waals surface area contributed by atoms with Gasteiger partial charge in [0.2, 0.25) is 5.91 Å². The van der Waals surface area contributed by atoms with Crippen LogP contribution in [0.2, 0.25) is 5.02 Å². The van der Waals surface area contributed by atoms with E-state index in [-0.39, 0.29) is 5.91 Å². The molecule has 1 aromatic heterocycles. The molecule has 1 amide bonds. The lowest BCUT2D eigenvalue weighted by Gasteiger charge is -2.11. The van der Waals surface area contributed by atoms with Crippen molar-refractivity contribution in [3.63, 3.8) is 0 Å². The molecule has 0 fully saturated rings. The van der Waals surface area contributed by atoms with E-state index in [4.69, 9.17) is 21.3 Å². The van der Waals surface area contributed by atoms with Crippen LogP contribution in [-0.2, 0) is 24.2 Å². The van der Waals surface area contributed by atoms with Crippen molar-refractivity contribution >= 4 is 28.5 Å². The molecule has 0 aliphatic heterocycles. The Labute approximate surface area is 199 Å². The minimum Gasteiger partial charge on any atom is -0.492 e. The number of benzene rings is 3. The summed E-state index contributed by atoms with van der Waals surface area (Å²) in [5.74, 6) is 1.89. The van der Waals surface area contributed by atoms with Crippen molar-refractivity contribution in [2.75, 3.05) is 13.2 Å². The molecule has 5 nitrogen and oxygen atoms in total. The van der Waals surface area contributed by atoms with E-state index in [9.17, 15) is 4.79 Å². The van der Waals surface area contributed by atoms with Crippen LogP contribution in [0.4, 0.5) is 0 Å². The Morgan fingerprint density at radius 2 is 1.70 bits per heavy atom. The molecule has 0 saturated carbocycles. The number of carbonyl (C=O) groups excluding carboxylic acids is 1. The number of carbonyl (C=O) groups is 1. The van der Waals surface area contributed by atoms with Crippen LogP contribution >= 0.6 is 11.6 Å². The van der Waals surface area contributed by atoms with Crippen LogP contribution < -0.4 is 10.1 Å². The Bertz CT molecular complexity index is 1170. The molecule has 0 saturated heterocycles. The number of halogens is 1. The fourth-order valence-corrected chi connectivity index (χ4v) is 3.94. The molecule has 4 aromatic rings. The predicted octanol–water partition coefficient (Wildman–Crippen LogP) is 5.45. The summed E-state index contributed by atoms with van der Waals surface area (Å²) in [5, 5.41) is 3.73. The number of imidazole rings is 1. The molecule has 0 aliphatic rings. The van der Waals surface area contributed by atoms with Gasteiger partial charge in [-0.05, 0) is 54.8 Å². The Morgan fingerprint density at radius 1 is 0.939 bits per heavy atom. The monoisotopic (exact) mass is 461 g/mol. The van der Waals surface area contributed by atoms with Gasteiger partial charge in [0.15, 0.2) is 0 Å². The van der Waals surface area contributed by atoms with Gasteiger partial charge in [-0.2, -0.15) is 0 Å². The van der Waals surface area contributed by atoms with Crippen molar-refractivity contribution in [2.45, 2.75) is 32.2 Å². The van der Waals surface area contributed by atoms with E-state index in [2.05, 4.69) is 28.1 Å². The Morgan fingerprint density at radius 3 is 2.52 bits per heavy atom. The van der Waals surface area contributed by atoms with Crippen LogP contribution in [0.3, 0.4) is 0 Å². The molecular formula is C27H28ClN3O2. The Balaban J connectivity index is 1.28. The van der Waals surface area contributed by atoms with Crippen molar-refractivity contribution in [3.05, 3.63) is 95.3 Å². The minimum absolute atomic E-state index is 0.0868. The highest BCUT2D eigenvalue weighted by atomic mass is 35.5. The maximum atomic E-state index is 12.2. The number of aromatic nitrogens is 2. The fraction of sp³-hybridized carbons (Fsp3) is 0.259. The van der Waals surface area contributed by atoms with Crippen LogP contribution in [0.1, 0.15) is 24.2 Å². The van der Waals surface area contributed by atoms with Gasteiger partial charge in [-0.3, -0.25) is 4.79 Å². The second-order valence-corrected chi connectivity index (χ2v) is 8.35. The van der Waals surface area contributed by atoms with Gasteiger partial charge in [0.1, 0.15) is 18.2 Å². The quantitative estimate of drug-likeness (QED) is 0.302. The lowest BCUT2D eigenvalue weighted by Crippen LogP contribution is -2.25. The summed E-state index contributed by atoms with van der Waals surface area (Å²) in [4.78, 5) is 17.0. The van der Waals surface area contributed by atoms with Crippen molar-refractivity contribution in [1.29, 1.82) is 0 Å². The molecular weight excluding hydrogens is 434 g/mol. The summed E-state index contributed by atoms with van der Waals surface area (Å²) < 4.78 is 8.11. The Kier molecular flexibility index (Phi) is 7.99. The molecule has 1 heterocycles. The SMILES string of the molecule is O=C(CCc1ccccc1)NCCCc1nc2ccccc2n1CCOc1ccc(Cl)cc1. The first kappa shape index (κ1) is 22.9. The first-order chi connectivity index (χ1) is 16.2. The Hall–Kier alpha value is -3.31. The van der Waals surface area contributed by atoms with E-state index < -0.39 is 0 Å². The molecule has 170 valence electrons. The van der Waals surface area contributed by atoms with E-state index >= 15 is 0 Å². The summed E-state index contributed by atoms with van der Waals surface area (Å²) in [6.45, 7) is 1.87. The van der Waals surface area contributed by atoms with E-state index in [1.54, 1.807) is 0 Å². The van der Waals surface area contributed by atoms with Gasteiger partial charge in [-0.15, -0.1) is 0 Å². The average molecular weight is 462 g/mol. The van der Waals surface area contributed by atoms with E-state index in [0.29, 0.717) is 31.1 Å². The molecule has 6 heteroatoms. The topological polar surface area (TPSA) is 56.2 Å². The largest absolute Gasteiger partial charge is 0.492 e. The zero-order valence-electron chi connectivity index (χ0n) is 18.5. The van der Waals surface area contributed by atoms with Gasteiger partial charge in [-0.25, -0.2) is 4.98 Å². The molecule has 0 bridgehead atoms. The molecule has 0 radical (unpaired) electrons. The fourth-order valence-electron chi connectivity index (χ4n) is 3.82. The van der Waals surface area contributed by atoms with Crippen molar-refractivity contribution in [3.8, 4) is 5.75 Å². The normalized spacial score (nSPS) is 10.9. The number of rotatable bonds is 11. The number of nitrogens with zero attached hydrogens (tertiary/aromatic N) is 2. The molecule has 1 N–H and O–H groups in total.